The number of benzene rings is 2. The summed E-state index contributed by atoms with van der Waals surface area (Å²) < 4.78 is 0. The van der Waals surface area contributed by atoms with Gasteiger partial charge in [-0.2, -0.15) is 0 Å². The molecular weight excluding hydrogens is 312 g/mol. The lowest BCUT2D eigenvalue weighted by Gasteiger charge is -2.36. The Morgan fingerprint density at radius 3 is 2.44 bits per heavy atom. The maximum Gasteiger partial charge on any atom is 0.235 e. The molecule has 0 spiro atoms. The van der Waals surface area contributed by atoms with Crippen molar-refractivity contribution >= 4 is 5.91 Å². The molecule has 4 nitrogen and oxygen atoms in total. The number of hydrogen-bond donors (Lipinski definition) is 2. The van der Waals surface area contributed by atoms with Crippen LogP contribution in [0.25, 0.3) is 0 Å². The number of aryl methyl sites for hydroxylation is 2. The van der Waals surface area contributed by atoms with Gasteiger partial charge in [-0.25, -0.2) is 0 Å². The lowest BCUT2D eigenvalue weighted by Crippen LogP contribution is -2.48. The van der Waals surface area contributed by atoms with E-state index in [2.05, 4.69) is 36.9 Å². The number of carbonyl (C=O) groups is 1. The molecule has 2 aromatic carbocycles. The molecule has 25 heavy (non-hydrogen) atoms. The smallest absolute Gasteiger partial charge is 0.235 e. The second-order valence-corrected chi connectivity index (χ2v) is 7.05. The van der Waals surface area contributed by atoms with Crippen molar-refractivity contribution in [3.63, 3.8) is 0 Å². The Balaban J connectivity index is 1.98. The van der Waals surface area contributed by atoms with Crippen LogP contribution in [-0.4, -0.2) is 22.0 Å². The highest BCUT2D eigenvalue weighted by Gasteiger charge is 2.30. The van der Waals surface area contributed by atoms with E-state index in [0.29, 0.717) is 19.5 Å². The number of carbonyl (C=O) groups excluding carboxylic acids is 1. The first-order valence-electron chi connectivity index (χ1n) is 8.72. The quantitative estimate of drug-likeness (QED) is 0.900. The van der Waals surface area contributed by atoms with Crippen LogP contribution >= 0.6 is 0 Å². The fourth-order valence-electron chi connectivity index (χ4n) is 3.99. The summed E-state index contributed by atoms with van der Waals surface area (Å²) in [5.41, 5.74) is 13.7. The zero-order valence-electron chi connectivity index (χ0n) is 15.2. The third-order valence-electron chi connectivity index (χ3n) is 5.48. The molecule has 0 saturated carbocycles. The molecule has 2 aromatic rings. The lowest BCUT2D eigenvalue weighted by molar-refractivity contribution is -0.124. The van der Waals surface area contributed by atoms with Gasteiger partial charge in [0.2, 0.25) is 5.91 Å². The van der Waals surface area contributed by atoms with Crippen molar-refractivity contribution in [2.24, 2.45) is 5.73 Å². The van der Waals surface area contributed by atoms with Crippen LogP contribution in [0.2, 0.25) is 0 Å². The van der Waals surface area contributed by atoms with Crippen LogP contribution in [0.3, 0.4) is 0 Å². The first kappa shape index (κ1) is 17.6. The van der Waals surface area contributed by atoms with Crippen LogP contribution < -0.4 is 5.73 Å². The minimum atomic E-state index is -0.299. The van der Waals surface area contributed by atoms with Crippen LogP contribution in [0.5, 0.6) is 0 Å². The maximum absolute atomic E-state index is 12.1. The Kier molecular flexibility index (Phi) is 4.93. The highest BCUT2D eigenvalue weighted by Crippen LogP contribution is 2.29. The van der Waals surface area contributed by atoms with Gasteiger partial charge in [-0.15, -0.1) is 0 Å². The van der Waals surface area contributed by atoms with Gasteiger partial charge in [-0.1, -0.05) is 30.3 Å². The van der Waals surface area contributed by atoms with E-state index in [1.54, 1.807) is 0 Å². The molecular formula is C21H26N2O2. The summed E-state index contributed by atoms with van der Waals surface area (Å²) in [5.74, 6) is -0.278. The summed E-state index contributed by atoms with van der Waals surface area (Å²) in [7, 11) is 0. The zero-order valence-corrected chi connectivity index (χ0v) is 15.2. The van der Waals surface area contributed by atoms with Crippen molar-refractivity contribution < 1.29 is 9.90 Å². The van der Waals surface area contributed by atoms with Crippen molar-refractivity contribution in [1.82, 2.24) is 4.90 Å². The van der Waals surface area contributed by atoms with E-state index in [4.69, 9.17) is 5.73 Å². The number of primary amides is 1. The Bertz CT molecular complexity index is 814. The average molecular weight is 338 g/mol. The number of aliphatic hydroxyl groups excluding tert-OH is 1. The standard InChI is InChI=1S/C21H26N2O2/c1-13-8-14(2)19(12-24)15(3)18(13)11-23-10-17-7-5-4-6-16(17)9-20(23)21(22)25/h4-8,20,24H,9-12H2,1-3H3,(H2,22,25). The molecule has 132 valence electrons. The van der Waals surface area contributed by atoms with Gasteiger partial charge in [-0.05, 0) is 66.1 Å². The summed E-state index contributed by atoms with van der Waals surface area (Å²) in [5, 5.41) is 9.70. The first-order valence-corrected chi connectivity index (χ1v) is 8.72. The van der Waals surface area contributed by atoms with Crippen LogP contribution in [0.1, 0.15) is 38.9 Å². The Morgan fingerprint density at radius 2 is 1.80 bits per heavy atom. The van der Waals surface area contributed by atoms with Crippen LogP contribution in [-0.2, 0) is 30.9 Å². The van der Waals surface area contributed by atoms with Crippen LogP contribution in [0.15, 0.2) is 30.3 Å². The summed E-state index contributed by atoms with van der Waals surface area (Å²) in [6.45, 7) is 7.58. The van der Waals surface area contributed by atoms with Crippen molar-refractivity contribution in [2.75, 3.05) is 0 Å². The Morgan fingerprint density at radius 1 is 1.16 bits per heavy atom. The monoisotopic (exact) mass is 338 g/mol. The normalized spacial score (nSPS) is 17.4. The van der Waals surface area contributed by atoms with Crippen molar-refractivity contribution in [2.45, 2.75) is 52.9 Å². The molecule has 0 radical (unpaired) electrons. The third kappa shape index (κ3) is 3.32. The lowest BCUT2D eigenvalue weighted by atomic mass is 9.90. The van der Waals surface area contributed by atoms with Gasteiger partial charge >= 0.3 is 0 Å². The van der Waals surface area contributed by atoms with Gasteiger partial charge in [0.1, 0.15) is 0 Å². The number of nitrogens with two attached hydrogens (primary N) is 1. The fourth-order valence-corrected chi connectivity index (χ4v) is 3.99. The van der Waals surface area contributed by atoms with E-state index in [1.165, 1.54) is 22.3 Å². The topological polar surface area (TPSA) is 66.6 Å². The summed E-state index contributed by atoms with van der Waals surface area (Å²) in [4.78, 5) is 14.2. The first-order chi connectivity index (χ1) is 11.9. The molecule has 1 heterocycles. The Labute approximate surface area is 149 Å². The molecule has 4 heteroatoms. The SMILES string of the molecule is Cc1cc(C)c(CN2Cc3ccccc3CC2C(N)=O)c(C)c1CO. The largest absolute Gasteiger partial charge is 0.392 e. The second-order valence-electron chi connectivity index (χ2n) is 7.05. The molecule has 1 aliphatic rings. The van der Waals surface area contributed by atoms with E-state index in [-0.39, 0.29) is 18.6 Å². The van der Waals surface area contributed by atoms with E-state index in [0.717, 1.165) is 16.7 Å². The highest BCUT2D eigenvalue weighted by molar-refractivity contribution is 5.80. The number of nitrogens with zero attached hydrogens (tertiary/aromatic N) is 1. The molecule has 0 aliphatic carbocycles. The molecule has 0 bridgehead atoms. The molecule has 1 atom stereocenters. The second kappa shape index (κ2) is 6.98. The minimum Gasteiger partial charge on any atom is -0.392 e. The maximum atomic E-state index is 12.1. The predicted molar refractivity (Wildman–Crippen MR) is 99.0 cm³/mol. The van der Waals surface area contributed by atoms with Crippen molar-refractivity contribution in [3.8, 4) is 0 Å². The molecule has 0 saturated heterocycles. The van der Waals surface area contributed by atoms with Gasteiger partial charge in [0.05, 0.1) is 12.6 Å². The van der Waals surface area contributed by atoms with E-state index < -0.39 is 0 Å². The van der Waals surface area contributed by atoms with Gasteiger partial charge < -0.3 is 10.8 Å². The minimum absolute atomic E-state index is 0.0348. The van der Waals surface area contributed by atoms with Crippen molar-refractivity contribution in [3.05, 3.63) is 69.3 Å². The summed E-state index contributed by atoms with van der Waals surface area (Å²) in [6.07, 6.45) is 0.655. The molecule has 1 amide bonds. The van der Waals surface area contributed by atoms with E-state index in [1.807, 2.05) is 19.1 Å². The van der Waals surface area contributed by atoms with Crippen molar-refractivity contribution in [1.29, 1.82) is 0 Å². The number of fused-ring (bicyclic) bond motifs is 1. The van der Waals surface area contributed by atoms with Crippen LogP contribution in [0, 0.1) is 20.8 Å². The number of amides is 1. The summed E-state index contributed by atoms with van der Waals surface area (Å²) in [6, 6.07) is 10.1. The Hall–Kier alpha value is -2.17. The van der Waals surface area contributed by atoms with Gasteiger partial charge in [0.15, 0.2) is 0 Å². The number of aliphatic hydroxyl groups is 1. The molecule has 1 unspecified atom stereocenters. The van der Waals surface area contributed by atoms with Gasteiger partial charge in [-0.3, -0.25) is 9.69 Å². The van der Waals surface area contributed by atoms with E-state index >= 15 is 0 Å². The van der Waals surface area contributed by atoms with Gasteiger partial charge in [0, 0.05) is 13.1 Å². The molecule has 0 aromatic heterocycles. The number of hydrogen-bond acceptors (Lipinski definition) is 3. The zero-order chi connectivity index (χ0) is 18.1. The third-order valence-corrected chi connectivity index (χ3v) is 5.48. The molecule has 0 fully saturated rings. The summed E-state index contributed by atoms with van der Waals surface area (Å²) >= 11 is 0. The highest BCUT2D eigenvalue weighted by atomic mass is 16.3. The van der Waals surface area contributed by atoms with Crippen LogP contribution in [0.4, 0.5) is 0 Å². The van der Waals surface area contributed by atoms with E-state index in [9.17, 15) is 9.90 Å². The van der Waals surface area contributed by atoms with Gasteiger partial charge in [0.25, 0.3) is 0 Å². The molecule has 1 aliphatic heterocycles. The molecule has 3 N–H and O–H groups in total. The fraction of sp³-hybridized carbons (Fsp3) is 0.381. The average Bonchev–Trinajstić information content (AvgIpc) is 2.58. The molecule has 3 rings (SSSR count). The number of rotatable bonds is 4. The predicted octanol–water partition coefficient (Wildman–Crippen LogP) is 2.52.